The number of ether oxygens (including phenoxy) is 2. The maximum atomic E-state index is 12.8. The van der Waals surface area contributed by atoms with Gasteiger partial charge < -0.3 is 24.5 Å². The quantitative estimate of drug-likeness (QED) is 0.249. The SMILES string of the molecule is CC(C)(C(=O)O)[C@H]1CC[C@H](Oc2nc3nc(-c4ccc(-c5ccc(C(=O)N6CCOCC6)cc5)cc4)c(Cl)cc3[nH]2)CC1. The lowest BCUT2D eigenvalue weighted by atomic mass is 9.70. The summed E-state index contributed by atoms with van der Waals surface area (Å²) in [6.45, 7) is 5.99. The molecule has 1 saturated carbocycles. The Hall–Kier alpha value is -3.95. The van der Waals surface area contributed by atoms with E-state index in [2.05, 4.69) is 9.97 Å². The number of aromatic amines is 1. The van der Waals surface area contributed by atoms with E-state index < -0.39 is 11.4 Å². The van der Waals surface area contributed by atoms with Crippen LogP contribution in [0.1, 0.15) is 49.9 Å². The van der Waals surface area contributed by atoms with Crippen LogP contribution in [0, 0.1) is 11.3 Å². The second-order valence-electron chi connectivity index (χ2n) is 11.9. The van der Waals surface area contributed by atoms with Crippen molar-refractivity contribution in [3.8, 4) is 28.4 Å². The van der Waals surface area contributed by atoms with Crippen molar-refractivity contribution in [2.24, 2.45) is 11.3 Å². The van der Waals surface area contributed by atoms with E-state index in [0.717, 1.165) is 42.4 Å². The number of amides is 1. The number of rotatable bonds is 7. The summed E-state index contributed by atoms with van der Waals surface area (Å²) in [5, 5.41) is 10.1. The van der Waals surface area contributed by atoms with Crippen molar-refractivity contribution >= 4 is 34.6 Å². The number of carboxylic acid groups (broad SMARTS) is 1. The third-order valence-electron chi connectivity index (χ3n) is 8.85. The van der Waals surface area contributed by atoms with Gasteiger partial charge in [-0.1, -0.05) is 48.0 Å². The van der Waals surface area contributed by atoms with Crippen LogP contribution in [0.3, 0.4) is 0 Å². The van der Waals surface area contributed by atoms with Crippen LogP contribution < -0.4 is 4.74 Å². The molecule has 2 aliphatic rings. The number of aromatic nitrogens is 3. The van der Waals surface area contributed by atoms with E-state index in [1.165, 1.54) is 0 Å². The second kappa shape index (κ2) is 12.0. The molecule has 0 unspecified atom stereocenters. The summed E-state index contributed by atoms with van der Waals surface area (Å²) in [5.41, 5.74) is 4.64. The van der Waals surface area contributed by atoms with Crippen LogP contribution in [0.2, 0.25) is 5.02 Å². The van der Waals surface area contributed by atoms with Gasteiger partial charge in [0.1, 0.15) is 6.10 Å². The highest BCUT2D eigenvalue weighted by molar-refractivity contribution is 6.33. The van der Waals surface area contributed by atoms with Crippen molar-refractivity contribution in [3.63, 3.8) is 0 Å². The molecule has 1 saturated heterocycles. The first-order valence-electron chi connectivity index (χ1n) is 14.7. The molecule has 0 radical (unpaired) electrons. The average molecular weight is 603 g/mol. The molecule has 0 bridgehead atoms. The maximum absolute atomic E-state index is 12.8. The number of benzene rings is 2. The Morgan fingerprint density at radius 1 is 0.953 bits per heavy atom. The van der Waals surface area contributed by atoms with Crippen LogP contribution in [0.25, 0.3) is 33.5 Å². The summed E-state index contributed by atoms with van der Waals surface area (Å²) in [6, 6.07) is 17.8. The Balaban J connectivity index is 1.12. The number of nitrogens with one attached hydrogen (secondary N) is 1. The van der Waals surface area contributed by atoms with Crippen LogP contribution in [0.5, 0.6) is 6.01 Å². The normalized spacial score (nSPS) is 19.4. The number of carbonyl (C=O) groups is 2. The largest absolute Gasteiger partial charge is 0.481 e. The van der Waals surface area contributed by atoms with Crippen molar-refractivity contribution in [2.45, 2.75) is 45.6 Å². The van der Waals surface area contributed by atoms with E-state index in [1.807, 2.05) is 59.5 Å². The van der Waals surface area contributed by atoms with Gasteiger partial charge in [-0.3, -0.25) is 9.59 Å². The highest BCUT2D eigenvalue weighted by atomic mass is 35.5. The molecule has 0 spiro atoms. The number of morpholine rings is 1. The topological polar surface area (TPSA) is 118 Å². The summed E-state index contributed by atoms with van der Waals surface area (Å²) in [4.78, 5) is 38.7. The third-order valence-corrected chi connectivity index (χ3v) is 9.14. The third kappa shape index (κ3) is 6.10. The lowest BCUT2D eigenvalue weighted by molar-refractivity contribution is -0.151. The number of aliphatic carboxylic acids is 1. The van der Waals surface area contributed by atoms with Gasteiger partial charge in [-0.25, -0.2) is 4.98 Å². The van der Waals surface area contributed by atoms with Gasteiger partial charge in [-0.15, -0.1) is 0 Å². The van der Waals surface area contributed by atoms with E-state index in [1.54, 1.807) is 13.8 Å². The molecule has 0 atom stereocenters. The van der Waals surface area contributed by atoms with Gasteiger partial charge in [-0.2, -0.15) is 4.98 Å². The Bertz CT molecular complexity index is 1620. The van der Waals surface area contributed by atoms with Crippen molar-refractivity contribution in [3.05, 3.63) is 65.2 Å². The fraction of sp³-hybridized carbons (Fsp3) is 0.394. The lowest BCUT2D eigenvalue weighted by Gasteiger charge is -2.36. The van der Waals surface area contributed by atoms with E-state index in [4.69, 9.17) is 26.1 Å². The number of hydrogen-bond donors (Lipinski definition) is 2. The number of carboxylic acids is 1. The van der Waals surface area contributed by atoms with Crippen LogP contribution >= 0.6 is 11.6 Å². The Morgan fingerprint density at radius 3 is 2.19 bits per heavy atom. The first kappa shape index (κ1) is 29.1. The molecular formula is C33H35ClN4O5. The lowest BCUT2D eigenvalue weighted by Crippen LogP contribution is -2.40. The maximum Gasteiger partial charge on any atom is 0.309 e. The number of pyridine rings is 1. The monoisotopic (exact) mass is 602 g/mol. The summed E-state index contributed by atoms with van der Waals surface area (Å²) in [5.74, 6) is -0.603. The van der Waals surface area contributed by atoms with E-state index in [-0.39, 0.29) is 17.9 Å². The summed E-state index contributed by atoms with van der Waals surface area (Å²) >= 11 is 6.65. The van der Waals surface area contributed by atoms with Crippen LogP contribution in [-0.2, 0) is 9.53 Å². The van der Waals surface area contributed by atoms with Crippen LogP contribution in [-0.4, -0.2) is 69.2 Å². The summed E-state index contributed by atoms with van der Waals surface area (Å²) in [6.07, 6.45) is 3.11. The van der Waals surface area contributed by atoms with Gasteiger partial charge in [0.15, 0.2) is 5.65 Å². The smallest absolute Gasteiger partial charge is 0.309 e. The highest BCUT2D eigenvalue weighted by Crippen LogP contribution is 2.39. The Labute approximate surface area is 255 Å². The zero-order chi connectivity index (χ0) is 30.1. The average Bonchev–Trinajstić information content (AvgIpc) is 3.42. The fourth-order valence-electron chi connectivity index (χ4n) is 5.96. The predicted molar refractivity (Wildman–Crippen MR) is 164 cm³/mol. The minimum atomic E-state index is -0.756. The summed E-state index contributed by atoms with van der Waals surface area (Å²) in [7, 11) is 0. The van der Waals surface area contributed by atoms with Gasteiger partial charge in [0.25, 0.3) is 11.9 Å². The first-order chi connectivity index (χ1) is 20.7. The molecule has 43 heavy (non-hydrogen) atoms. The number of halogens is 1. The number of hydrogen-bond acceptors (Lipinski definition) is 6. The molecule has 2 N–H and O–H groups in total. The number of imidazole rings is 1. The van der Waals surface area contributed by atoms with E-state index >= 15 is 0 Å². The van der Waals surface area contributed by atoms with Gasteiger partial charge in [0.05, 0.1) is 34.9 Å². The van der Waals surface area contributed by atoms with Crippen molar-refractivity contribution in [1.29, 1.82) is 0 Å². The molecule has 10 heteroatoms. The van der Waals surface area contributed by atoms with E-state index in [9.17, 15) is 14.7 Å². The standard InChI is InChI=1S/C33H35ClN4O5/c1-33(2,31(40)41)24-11-13-25(14-12-24)43-32-35-27-19-26(34)28(36-29(27)37-32)22-7-3-20(4-8-22)21-5-9-23(10-6-21)30(39)38-15-17-42-18-16-38/h3-10,19,24-25H,11-18H2,1-2H3,(H,40,41)(H,35,36,37)/t24-,25-. The molecule has 2 aromatic heterocycles. The molecule has 1 amide bonds. The zero-order valence-corrected chi connectivity index (χ0v) is 25.1. The number of nitrogens with zero attached hydrogens (tertiary/aromatic N) is 3. The minimum absolute atomic E-state index is 0.0281. The summed E-state index contributed by atoms with van der Waals surface area (Å²) < 4.78 is 11.5. The van der Waals surface area contributed by atoms with Crippen molar-refractivity contribution in [2.75, 3.05) is 26.3 Å². The Morgan fingerprint density at radius 2 is 1.56 bits per heavy atom. The number of H-pyrrole nitrogens is 1. The van der Waals surface area contributed by atoms with Gasteiger partial charge in [-0.05, 0) is 74.8 Å². The molecular weight excluding hydrogens is 568 g/mol. The molecule has 9 nitrogen and oxygen atoms in total. The Kier molecular flexibility index (Phi) is 8.11. The molecule has 2 aromatic carbocycles. The van der Waals surface area contributed by atoms with Gasteiger partial charge in [0.2, 0.25) is 0 Å². The van der Waals surface area contributed by atoms with Crippen molar-refractivity contribution < 1.29 is 24.2 Å². The van der Waals surface area contributed by atoms with Crippen LogP contribution in [0.4, 0.5) is 0 Å². The minimum Gasteiger partial charge on any atom is -0.481 e. The second-order valence-corrected chi connectivity index (χ2v) is 12.3. The first-order valence-corrected chi connectivity index (χ1v) is 15.1. The molecule has 1 aliphatic heterocycles. The predicted octanol–water partition coefficient (Wildman–Crippen LogP) is 6.47. The molecule has 6 rings (SSSR count). The molecule has 3 heterocycles. The van der Waals surface area contributed by atoms with E-state index in [0.29, 0.717) is 59.8 Å². The van der Waals surface area contributed by atoms with Gasteiger partial charge >= 0.3 is 5.97 Å². The molecule has 1 aliphatic carbocycles. The zero-order valence-electron chi connectivity index (χ0n) is 24.3. The fourth-order valence-corrected chi connectivity index (χ4v) is 6.22. The van der Waals surface area contributed by atoms with Crippen molar-refractivity contribution in [1.82, 2.24) is 19.9 Å². The van der Waals surface area contributed by atoms with Crippen LogP contribution in [0.15, 0.2) is 54.6 Å². The molecule has 224 valence electrons. The van der Waals surface area contributed by atoms with Gasteiger partial charge in [0, 0.05) is 24.2 Å². The highest BCUT2D eigenvalue weighted by Gasteiger charge is 2.39. The number of fused-ring (bicyclic) bond motifs is 1. The number of carbonyl (C=O) groups excluding carboxylic acids is 1. The molecule has 4 aromatic rings. The molecule has 2 fully saturated rings.